The highest BCUT2D eigenvalue weighted by molar-refractivity contribution is 14.1. The van der Waals surface area contributed by atoms with Crippen LogP contribution < -0.4 is 0 Å². The summed E-state index contributed by atoms with van der Waals surface area (Å²) in [5, 5.41) is 8.38. The Morgan fingerprint density at radius 3 is 1.75 bits per heavy atom. The van der Waals surface area contributed by atoms with Crippen molar-refractivity contribution in [3.05, 3.63) is 0 Å². The highest BCUT2D eigenvalue weighted by Gasteiger charge is 2.62. The molecule has 0 aromatic rings. The molecule has 0 saturated heterocycles. The van der Waals surface area contributed by atoms with Gasteiger partial charge in [0.2, 0.25) is 0 Å². The van der Waals surface area contributed by atoms with Crippen LogP contribution in [0.25, 0.3) is 0 Å². The number of rotatable bonds is 4. The minimum atomic E-state index is -5.83. The van der Waals surface area contributed by atoms with Crippen LogP contribution in [-0.4, -0.2) is 34.0 Å². The molecule has 10 heteroatoms. The molecule has 0 aliphatic rings. The van der Waals surface area contributed by atoms with Crippen LogP contribution in [0.4, 0.5) is 30.7 Å². The van der Waals surface area contributed by atoms with Gasteiger partial charge in [-0.25, -0.2) is 9.13 Å². The Hall–Kier alpha value is 0.160. The van der Waals surface area contributed by atoms with Gasteiger partial charge in [-0.1, -0.05) is 22.6 Å². The molecule has 0 amide bonds. The van der Waals surface area contributed by atoms with Crippen LogP contribution in [0, 0.1) is 0 Å². The molecule has 16 heavy (non-hydrogen) atoms. The van der Waals surface area contributed by atoms with Gasteiger partial charge in [-0.05, 0) is 0 Å². The maximum atomic E-state index is 13.0. The molecule has 0 spiro atoms. The molecule has 0 saturated carbocycles. The van der Waals surface area contributed by atoms with Crippen LogP contribution >= 0.6 is 22.6 Å². The second-order valence-electron chi connectivity index (χ2n) is 2.76. The van der Waals surface area contributed by atoms with Crippen molar-refractivity contribution >= 4 is 22.6 Å². The molecule has 0 bridgehead atoms. The van der Waals surface area contributed by atoms with Crippen molar-refractivity contribution in [1.82, 2.24) is 0 Å². The number of aliphatic hydroxyl groups is 1. The fourth-order valence-electron chi connectivity index (χ4n) is 0.748. The minimum Gasteiger partial charge on any atom is -0.395 e. The lowest BCUT2D eigenvalue weighted by Crippen LogP contribution is -2.48. The molecule has 0 fully saturated rings. The fourth-order valence-corrected chi connectivity index (χ4v) is 1.31. The summed E-state index contributed by atoms with van der Waals surface area (Å²) in [6, 6.07) is 0. The lowest BCUT2D eigenvalue weighted by Gasteiger charge is -2.29. The number of aliphatic hydroxyl groups excluding tert-OH is 1. The second kappa shape index (κ2) is 5.21. The van der Waals surface area contributed by atoms with Crippen molar-refractivity contribution in [2.24, 2.45) is 0 Å². The molecule has 2 atom stereocenters. The first-order chi connectivity index (χ1) is 6.91. The van der Waals surface area contributed by atoms with Crippen molar-refractivity contribution in [2.45, 2.75) is 28.7 Å². The van der Waals surface area contributed by atoms with Gasteiger partial charge >= 0.3 is 18.4 Å². The molecule has 98 valence electrons. The quantitative estimate of drug-likeness (QED) is 0.469. The van der Waals surface area contributed by atoms with Gasteiger partial charge in [-0.15, -0.1) is 13.2 Å². The number of halogens is 8. The summed E-state index contributed by atoms with van der Waals surface area (Å²) in [6.07, 6.45) is -13.2. The van der Waals surface area contributed by atoms with Crippen LogP contribution in [0.1, 0.15) is 6.42 Å². The van der Waals surface area contributed by atoms with Crippen LogP contribution in [0.2, 0.25) is 0 Å². The number of alkyl halides is 8. The van der Waals surface area contributed by atoms with Gasteiger partial charge in [0.1, 0.15) is 0 Å². The summed E-state index contributed by atoms with van der Waals surface area (Å²) in [4.78, 5) is 0. The minimum absolute atomic E-state index is 0.899. The third-order valence-corrected chi connectivity index (χ3v) is 2.22. The van der Waals surface area contributed by atoms with Crippen molar-refractivity contribution in [1.29, 1.82) is 0 Å². The van der Waals surface area contributed by atoms with E-state index in [4.69, 9.17) is 5.11 Å². The summed E-state index contributed by atoms with van der Waals surface area (Å²) in [5.41, 5.74) is 0. The third kappa shape index (κ3) is 4.99. The van der Waals surface area contributed by atoms with Gasteiger partial charge in [0.05, 0.1) is 6.61 Å². The first-order valence-corrected chi connectivity index (χ1v) is 4.93. The summed E-state index contributed by atoms with van der Waals surface area (Å²) >= 11 is 1.18. The number of ether oxygens (including phenoxy) is 1. The van der Waals surface area contributed by atoms with E-state index < -0.39 is 35.3 Å². The van der Waals surface area contributed by atoms with Gasteiger partial charge < -0.3 is 5.11 Å². The van der Waals surface area contributed by atoms with E-state index in [2.05, 4.69) is 4.74 Å². The maximum Gasteiger partial charge on any atom is 0.525 e. The zero-order valence-corrected chi connectivity index (χ0v) is 9.53. The zero-order chi connectivity index (χ0) is 13.2. The topological polar surface area (TPSA) is 29.5 Å². The van der Waals surface area contributed by atoms with E-state index >= 15 is 0 Å². The maximum absolute atomic E-state index is 13.0. The molecule has 1 N–H and O–H groups in total. The molecule has 2 nitrogen and oxygen atoms in total. The Morgan fingerprint density at radius 2 is 1.50 bits per heavy atom. The van der Waals surface area contributed by atoms with Gasteiger partial charge in [0.25, 0.3) is 0 Å². The van der Waals surface area contributed by atoms with Crippen LogP contribution in [-0.2, 0) is 4.74 Å². The van der Waals surface area contributed by atoms with Crippen molar-refractivity contribution in [2.75, 3.05) is 6.61 Å². The SMILES string of the molecule is OCC(I)CC(F)(OC(F)(F)F)C(F)(F)F. The van der Waals surface area contributed by atoms with E-state index in [0.717, 1.165) is 0 Å². The molecule has 0 aromatic heterocycles. The van der Waals surface area contributed by atoms with Crippen molar-refractivity contribution in [3.8, 4) is 0 Å². The number of hydrogen-bond acceptors (Lipinski definition) is 2. The Balaban J connectivity index is 4.91. The number of hydrogen-bond donors (Lipinski definition) is 1. The molecule has 0 aliphatic heterocycles. The molecule has 2 unspecified atom stereocenters. The molecular weight excluding hydrogens is 364 g/mol. The van der Waals surface area contributed by atoms with E-state index in [1.165, 1.54) is 22.6 Å². The highest BCUT2D eigenvalue weighted by atomic mass is 127. The lowest BCUT2D eigenvalue weighted by molar-refractivity contribution is -0.448. The molecule has 0 radical (unpaired) electrons. The summed E-state index contributed by atoms with van der Waals surface area (Å²) in [7, 11) is 0. The van der Waals surface area contributed by atoms with Crippen LogP contribution in [0.3, 0.4) is 0 Å². The Morgan fingerprint density at radius 1 is 1.06 bits per heavy atom. The van der Waals surface area contributed by atoms with Crippen LogP contribution in [0.5, 0.6) is 0 Å². The lowest BCUT2D eigenvalue weighted by atomic mass is 10.1. The molecule has 0 heterocycles. The standard InChI is InChI=1S/C6H6F7IO2/c7-4(5(8,9)10,1-3(14)2-15)16-6(11,12)13/h3,15H,1-2H2. The largest absolute Gasteiger partial charge is 0.525 e. The van der Waals surface area contributed by atoms with Crippen LogP contribution in [0.15, 0.2) is 0 Å². The highest BCUT2D eigenvalue weighted by Crippen LogP contribution is 2.43. The molecule has 0 aliphatic carbocycles. The summed E-state index contributed by atoms with van der Waals surface area (Å²) in [5.74, 6) is -4.85. The van der Waals surface area contributed by atoms with Gasteiger partial charge in [-0.2, -0.15) is 13.2 Å². The average molecular weight is 370 g/mol. The van der Waals surface area contributed by atoms with Gasteiger partial charge in [0.15, 0.2) is 0 Å². The fraction of sp³-hybridized carbons (Fsp3) is 1.00. The van der Waals surface area contributed by atoms with E-state index in [9.17, 15) is 30.7 Å². The Bertz CT molecular complexity index is 228. The third-order valence-electron chi connectivity index (χ3n) is 1.38. The van der Waals surface area contributed by atoms with E-state index in [-0.39, 0.29) is 0 Å². The summed E-state index contributed by atoms with van der Waals surface area (Å²) in [6.45, 7) is -0.899. The Kier molecular flexibility index (Phi) is 5.26. The predicted molar refractivity (Wildman–Crippen MR) is 46.5 cm³/mol. The first kappa shape index (κ1) is 16.2. The van der Waals surface area contributed by atoms with E-state index in [0.29, 0.717) is 0 Å². The van der Waals surface area contributed by atoms with Crippen molar-refractivity contribution < 1.29 is 40.6 Å². The van der Waals surface area contributed by atoms with Gasteiger partial charge in [-0.3, -0.25) is 0 Å². The molecule has 0 rings (SSSR count). The van der Waals surface area contributed by atoms with Gasteiger partial charge in [0, 0.05) is 10.3 Å². The second-order valence-corrected chi connectivity index (χ2v) is 4.52. The zero-order valence-electron chi connectivity index (χ0n) is 7.37. The average Bonchev–Trinajstić information content (AvgIpc) is 1.98. The molecular formula is C6H6F7IO2. The van der Waals surface area contributed by atoms with E-state index in [1.54, 1.807) is 0 Å². The molecule has 0 aromatic carbocycles. The van der Waals surface area contributed by atoms with Crippen molar-refractivity contribution in [3.63, 3.8) is 0 Å². The first-order valence-electron chi connectivity index (χ1n) is 3.69. The summed E-state index contributed by atoms with van der Waals surface area (Å²) < 4.78 is 85.1. The Labute approximate surface area is 98.9 Å². The normalized spacial score (nSPS) is 19.3. The smallest absolute Gasteiger partial charge is 0.395 e. The predicted octanol–water partition coefficient (Wildman–Crippen LogP) is 2.94. The van der Waals surface area contributed by atoms with E-state index in [1.807, 2.05) is 0 Å². The monoisotopic (exact) mass is 370 g/mol.